The molecule has 0 fully saturated rings. The lowest BCUT2D eigenvalue weighted by Crippen LogP contribution is -2.27. The van der Waals surface area contributed by atoms with Crippen molar-refractivity contribution in [1.29, 1.82) is 0 Å². The number of ether oxygens (including phenoxy) is 1. The van der Waals surface area contributed by atoms with Gasteiger partial charge in [-0.3, -0.25) is 4.68 Å². The molecule has 178 valence electrons. The van der Waals surface area contributed by atoms with Gasteiger partial charge in [0.15, 0.2) is 0 Å². The van der Waals surface area contributed by atoms with Crippen molar-refractivity contribution >= 4 is 28.5 Å². The molecule has 3 N–H and O–H groups in total. The predicted molar refractivity (Wildman–Crippen MR) is 133 cm³/mol. The molecule has 5 rings (SSSR count). The number of H-pyrrole nitrogens is 1. The Kier molecular flexibility index (Phi) is 4.92. The number of aryl methyl sites for hydroxylation is 3. The van der Waals surface area contributed by atoms with E-state index in [9.17, 15) is 0 Å². The van der Waals surface area contributed by atoms with E-state index in [1.165, 1.54) is 0 Å². The number of anilines is 2. The van der Waals surface area contributed by atoms with Crippen molar-refractivity contribution in [2.24, 2.45) is 12.0 Å². The quantitative estimate of drug-likeness (QED) is 0.410. The number of amidine groups is 1. The molecular formula is C24H30N8O2. The van der Waals surface area contributed by atoms with E-state index in [2.05, 4.69) is 52.7 Å². The van der Waals surface area contributed by atoms with Gasteiger partial charge in [-0.2, -0.15) is 5.10 Å². The fourth-order valence-corrected chi connectivity index (χ4v) is 4.31. The van der Waals surface area contributed by atoms with Gasteiger partial charge in [0.25, 0.3) is 0 Å². The molecule has 34 heavy (non-hydrogen) atoms. The third-order valence-electron chi connectivity index (χ3n) is 6.04. The molecule has 10 nitrogen and oxygen atoms in total. The first-order valence-electron chi connectivity index (χ1n) is 11.3. The number of hydrogen-bond donors (Lipinski definition) is 3. The Hall–Kier alpha value is -3.82. The van der Waals surface area contributed by atoms with Crippen LogP contribution in [0.4, 0.5) is 11.6 Å². The van der Waals surface area contributed by atoms with Crippen molar-refractivity contribution in [3.05, 3.63) is 34.8 Å². The van der Waals surface area contributed by atoms with Crippen LogP contribution in [0.15, 0.2) is 21.6 Å². The first kappa shape index (κ1) is 22.0. The highest BCUT2D eigenvalue weighted by atomic mass is 16.5. The van der Waals surface area contributed by atoms with E-state index in [1.54, 1.807) is 7.11 Å². The van der Waals surface area contributed by atoms with E-state index in [-0.39, 0.29) is 11.6 Å². The molecule has 0 bridgehead atoms. The van der Waals surface area contributed by atoms with Gasteiger partial charge in [-0.25, -0.2) is 9.98 Å². The number of aliphatic imine (C=N–C) groups is 1. The zero-order chi connectivity index (χ0) is 24.4. The lowest BCUT2D eigenvalue weighted by molar-refractivity contribution is 0.392. The van der Waals surface area contributed by atoms with Crippen molar-refractivity contribution in [3.63, 3.8) is 0 Å². The fraction of sp³-hybridized carbons (Fsp3) is 0.417. The summed E-state index contributed by atoms with van der Waals surface area (Å²) in [6.07, 6.45) is -0.123. The largest absolute Gasteiger partial charge is 0.481 e. The Labute approximate surface area is 197 Å². The SMILES string of the molecule is COc1nc2c3c([nH]c2cc1-c1c(C)noc1C)NC(C)N=C3Nc1cc(C(C)(C)C)nn1C. The molecule has 0 saturated carbocycles. The summed E-state index contributed by atoms with van der Waals surface area (Å²) in [5, 5.41) is 15.7. The molecule has 5 heterocycles. The van der Waals surface area contributed by atoms with E-state index < -0.39 is 0 Å². The Morgan fingerprint density at radius 3 is 2.56 bits per heavy atom. The smallest absolute Gasteiger partial charge is 0.221 e. The average Bonchev–Trinajstić information content (AvgIpc) is 3.41. The molecule has 0 aromatic carbocycles. The molecule has 0 saturated heterocycles. The van der Waals surface area contributed by atoms with Gasteiger partial charge in [0, 0.05) is 18.5 Å². The molecule has 1 aliphatic heterocycles. The number of fused-ring (bicyclic) bond motifs is 3. The summed E-state index contributed by atoms with van der Waals surface area (Å²) in [7, 11) is 3.54. The van der Waals surface area contributed by atoms with Crippen LogP contribution >= 0.6 is 0 Å². The van der Waals surface area contributed by atoms with Crippen LogP contribution in [0.1, 0.15) is 50.4 Å². The maximum absolute atomic E-state index is 5.69. The van der Waals surface area contributed by atoms with E-state index in [0.717, 1.165) is 62.3 Å². The summed E-state index contributed by atoms with van der Waals surface area (Å²) < 4.78 is 12.9. The maximum Gasteiger partial charge on any atom is 0.221 e. The van der Waals surface area contributed by atoms with Gasteiger partial charge < -0.3 is 24.9 Å². The molecule has 1 unspecified atom stereocenters. The minimum atomic E-state index is -0.123. The number of nitrogens with one attached hydrogen (secondary N) is 3. The third-order valence-corrected chi connectivity index (χ3v) is 6.04. The van der Waals surface area contributed by atoms with Gasteiger partial charge in [0.1, 0.15) is 34.9 Å². The van der Waals surface area contributed by atoms with Crippen molar-refractivity contribution in [1.82, 2.24) is 24.9 Å². The lowest BCUT2D eigenvalue weighted by Gasteiger charge is -2.21. The van der Waals surface area contributed by atoms with Gasteiger partial charge in [-0.05, 0) is 26.8 Å². The normalized spacial score (nSPS) is 15.8. The highest BCUT2D eigenvalue weighted by Gasteiger charge is 2.28. The highest BCUT2D eigenvalue weighted by molar-refractivity contribution is 6.19. The van der Waals surface area contributed by atoms with Crippen LogP contribution in [0.25, 0.3) is 22.2 Å². The molecule has 0 spiro atoms. The third kappa shape index (κ3) is 3.49. The summed E-state index contributed by atoms with van der Waals surface area (Å²) in [5.74, 6) is 3.64. The minimum absolute atomic E-state index is 0.0591. The first-order chi connectivity index (χ1) is 16.1. The fourth-order valence-electron chi connectivity index (χ4n) is 4.31. The van der Waals surface area contributed by atoms with Crippen molar-refractivity contribution in [2.45, 2.75) is 53.1 Å². The standard InChI is InChI=1S/C24H30N8O2/c1-11-18(12(2)34-31-11)14-9-15-20(29-23(14)33-8)19-21(27-15)25-13(3)26-22(19)28-17-10-16(24(4,5)6)30-32(17)7/h9-10,13,25,27H,1-8H3,(H,26,28). The topological polar surface area (TPSA) is 118 Å². The van der Waals surface area contributed by atoms with Crippen molar-refractivity contribution in [2.75, 3.05) is 17.7 Å². The Bertz CT molecular complexity index is 1410. The van der Waals surface area contributed by atoms with Crippen LogP contribution in [0.2, 0.25) is 0 Å². The second kappa shape index (κ2) is 7.61. The van der Waals surface area contributed by atoms with Gasteiger partial charge in [-0.1, -0.05) is 25.9 Å². The first-order valence-corrected chi connectivity index (χ1v) is 11.3. The number of hydrogen-bond acceptors (Lipinski definition) is 8. The monoisotopic (exact) mass is 462 g/mol. The van der Waals surface area contributed by atoms with E-state index in [4.69, 9.17) is 19.2 Å². The van der Waals surface area contributed by atoms with Gasteiger partial charge >= 0.3 is 0 Å². The minimum Gasteiger partial charge on any atom is -0.481 e. The van der Waals surface area contributed by atoms with Crippen LogP contribution in [0.3, 0.4) is 0 Å². The summed E-state index contributed by atoms with van der Waals surface area (Å²) in [6, 6.07) is 4.09. The summed E-state index contributed by atoms with van der Waals surface area (Å²) in [5.41, 5.74) is 5.91. The number of aromatic nitrogens is 5. The second-order valence-corrected chi connectivity index (χ2v) is 9.73. The number of pyridine rings is 1. The molecule has 10 heteroatoms. The Balaban J connectivity index is 1.64. The number of nitrogens with zero attached hydrogens (tertiary/aromatic N) is 5. The molecule has 1 atom stereocenters. The van der Waals surface area contributed by atoms with E-state index in [1.807, 2.05) is 38.6 Å². The maximum atomic E-state index is 5.69. The lowest BCUT2D eigenvalue weighted by atomic mass is 9.92. The van der Waals surface area contributed by atoms with Crippen LogP contribution in [0.5, 0.6) is 5.88 Å². The van der Waals surface area contributed by atoms with Crippen LogP contribution in [0, 0.1) is 13.8 Å². The van der Waals surface area contributed by atoms with Gasteiger partial charge in [0.2, 0.25) is 5.88 Å². The molecule has 1 aliphatic rings. The van der Waals surface area contributed by atoms with Gasteiger partial charge in [-0.15, -0.1) is 0 Å². The zero-order valence-electron chi connectivity index (χ0n) is 20.8. The van der Waals surface area contributed by atoms with Gasteiger partial charge in [0.05, 0.1) is 40.7 Å². The van der Waals surface area contributed by atoms with Crippen molar-refractivity contribution < 1.29 is 9.26 Å². The van der Waals surface area contributed by atoms with E-state index >= 15 is 0 Å². The average molecular weight is 463 g/mol. The number of aromatic amines is 1. The molecular weight excluding hydrogens is 432 g/mol. The zero-order valence-corrected chi connectivity index (χ0v) is 20.8. The summed E-state index contributed by atoms with van der Waals surface area (Å²) >= 11 is 0. The predicted octanol–water partition coefficient (Wildman–Crippen LogP) is 4.50. The van der Waals surface area contributed by atoms with Crippen LogP contribution < -0.4 is 15.4 Å². The summed E-state index contributed by atoms with van der Waals surface area (Å²) in [6.45, 7) is 12.2. The Morgan fingerprint density at radius 1 is 1.18 bits per heavy atom. The molecule has 0 amide bonds. The van der Waals surface area contributed by atoms with Crippen LogP contribution in [-0.4, -0.2) is 44.0 Å². The van der Waals surface area contributed by atoms with E-state index in [0.29, 0.717) is 5.88 Å². The molecule has 0 radical (unpaired) electrons. The number of rotatable bonds is 3. The van der Waals surface area contributed by atoms with Crippen LogP contribution in [-0.2, 0) is 12.5 Å². The molecule has 4 aromatic heterocycles. The van der Waals surface area contributed by atoms with Crippen molar-refractivity contribution in [3.8, 4) is 17.0 Å². The Morgan fingerprint density at radius 2 is 1.94 bits per heavy atom. The number of methoxy groups -OCH3 is 1. The highest BCUT2D eigenvalue weighted by Crippen LogP contribution is 2.39. The molecule has 4 aromatic rings. The molecule has 0 aliphatic carbocycles. The summed E-state index contributed by atoms with van der Waals surface area (Å²) in [4.78, 5) is 13.2. The second-order valence-electron chi connectivity index (χ2n) is 9.73.